The summed E-state index contributed by atoms with van der Waals surface area (Å²) in [6.45, 7) is 1.10. The molecule has 148 valence electrons. The number of nitrogens with zero attached hydrogens (tertiary/aromatic N) is 4. The molecular formula is C16H13ClF3N5O2S. The number of carbonyl (C=O) groups excluding carboxylic acids is 1. The Morgan fingerprint density at radius 2 is 2.11 bits per heavy atom. The first-order chi connectivity index (χ1) is 13.1. The van der Waals surface area contributed by atoms with Crippen LogP contribution in [0.1, 0.15) is 11.3 Å². The molecule has 1 amide bonds. The Morgan fingerprint density at radius 3 is 2.71 bits per heavy atom. The molecule has 0 aliphatic rings. The van der Waals surface area contributed by atoms with Crippen molar-refractivity contribution >= 4 is 34.0 Å². The lowest BCUT2D eigenvalue weighted by molar-refractivity contribution is -0.138. The van der Waals surface area contributed by atoms with Gasteiger partial charge in [-0.15, -0.1) is 0 Å². The molecular weight excluding hydrogens is 419 g/mol. The molecule has 0 saturated carbocycles. The average molecular weight is 432 g/mol. The van der Waals surface area contributed by atoms with Gasteiger partial charge in [0.2, 0.25) is 5.91 Å². The lowest BCUT2D eigenvalue weighted by atomic mass is 10.2. The molecule has 1 N–H and O–H groups in total. The van der Waals surface area contributed by atoms with Crippen LogP contribution in [0.4, 0.5) is 18.3 Å². The number of amides is 1. The lowest BCUT2D eigenvalue weighted by Gasteiger charge is -2.11. The normalized spacial score (nSPS) is 11.6. The fourth-order valence-electron chi connectivity index (χ4n) is 2.43. The van der Waals surface area contributed by atoms with E-state index < -0.39 is 34.8 Å². The zero-order valence-corrected chi connectivity index (χ0v) is 16.1. The van der Waals surface area contributed by atoms with Crippen molar-refractivity contribution in [2.75, 3.05) is 5.32 Å². The number of hydrogen-bond acceptors (Lipinski definition) is 5. The molecule has 28 heavy (non-hydrogen) atoms. The van der Waals surface area contributed by atoms with E-state index in [1.54, 1.807) is 23.9 Å². The van der Waals surface area contributed by atoms with Crippen LogP contribution in [0, 0.1) is 6.92 Å². The Hall–Kier alpha value is -2.66. The first kappa shape index (κ1) is 20.1. The molecule has 0 aromatic carbocycles. The third kappa shape index (κ3) is 4.09. The molecule has 0 saturated heterocycles. The summed E-state index contributed by atoms with van der Waals surface area (Å²) >= 11 is 6.75. The van der Waals surface area contributed by atoms with E-state index in [1.165, 1.54) is 11.3 Å². The summed E-state index contributed by atoms with van der Waals surface area (Å²) in [6.07, 6.45) is -0.758. The summed E-state index contributed by atoms with van der Waals surface area (Å²) in [4.78, 5) is 33.4. The molecule has 0 aliphatic heterocycles. The van der Waals surface area contributed by atoms with Crippen LogP contribution in [-0.4, -0.2) is 25.0 Å². The van der Waals surface area contributed by atoms with Crippen molar-refractivity contribution in [2.45, 2.75) is 19.6 Å². The predicted molar refractivity (Wildman–Crippen MR) is 98.4 cm³/mol. The van der Waals surface area contributed by atoms with E-state index in [-0.39, 0.29) is 5.13 Å². The molecule has 0 bridgehead atoms. The second-order valence-electron chi connectivity index (χ2n) is 5.85. The van der Waals surface area contributed by atoms with Crippen molar-refractivity contribution in [3.8, 4) is 10.7 Å². The Bertz CT molecular complexity index is 1100. The number of aryl methyl sites for hydroxylation is 2. The van der Waals surface area contributed by atoms with Crippen LogP contribution in [0.25, 0.3) is 10.7 Å². The highest BCUT2D eigenvalue weighted by Gasteiger charge is 2.32. The molecule has 0 spiro atoms. The number of aromatic nitrogens is 4. The molecule has 0 radical (unpaired) electrons. The standard InChI is InChI=1S/C16H13ClF3N5O2S/c1-8-12(13-21-3-4-24(13)2)28-15(22-8)23-11(26)7-25-6-9(16(18,19)20)5-10(17)14(25)27/h3-6H,7H2,1-2H3,(H,22,23,26). The highest BCUT2D eigenvalue weighted by Crippen LogP contribution is 2.32. The van der Waals surface area contributed by atoms with Gasteiger partial charge in [0.15, 0.2) is 11.0 Å². The van der Waals surface area contributed by atoms with Crippen molar-refractivity contribution < 1.29 is 18.0 Å². The van der Waals surface area contributed by atoms with E-state index >= 15 is 0 Å². The third-order valence-corrected chi connectivity index (χ3v) is 5.09. The number of alkyl halides is 3. The Morgan fingerprint density at radius 1 is 1.39 bits per heavy atom. The van der Waals surface area contributed by atoms with Crippen LogP contribution >= 0.6 is 22.9 Å². The van der Waals surface area contributed by atoms with Gasteiger partial charge in [-0.2, -0.15) is 13.2 Å². The molecule has 3 aromatic rings. The van der Waals surface area contributed by atoms with Gasteiger partial charge in [-0.3, -0.25) is 9.59 Å². The monoisotopic (exact) mass is 431 g/mol. The highest BCUT2D eigenvalue weighted by atomic mass is 35.5. The van der Waals surface area contributed by atoms with E-state index in [9.17, 15) is 22.8 Å². The zero-order valence-electron chi connectivity index (χ0n) is 14.5. The lowest BCUT2D eigenvalue weighted by Crippen LogP contribution is -2.29. The number of imidazole rings is 1. The number of halogens is 4. The summed E-state index contributed by atoms with van der Waals surface area (Å²) in [5.74, 6) is -0.0472. The van der Waals surface area contributed by atoms with Crippen molar-refractivity contribution in [3.63, 3.8) is 0 Å². The number of rotatable bonds is 4. The molecule has 0 aliphatic carbocycles. The maximum absolute atomic E-state index is 12.9. The minimum absolute atomic E-state index is 0.242. The molecule has 0 atom stereocenters. The number of thiazole rings is 1. The van der Waals surface area contributed by atoms with Crippen LogP contribution < -0.4 is 10.9 Å². The van der Waals surface area contributed by atoms with Crippen LogP contribution in [0.15, 0.2) is 29.5 Å². The molecule has 3 aromatic heterocycles. The minimum atomic E-state index is -4.70. The van der Waals surface area contributed by atoms with Gasteiger partial charge in [-0.25, -0.2) is 9.97 Å². The maximum atomic E-state index is 12.9. The van der Waals surface area contributed by atoms with Crippen LogP contribution in [0.3, 0.4) is 0 Å². The van der Waals surface area contributed by atoms with Crippen LogP contribution in [0.2, 0.25) is 5.02 Å². The topological polar surface area (TPSA) is 81.8 Å². The first-order valence-corrected chi connectivity index (χ1v) is 8.98. The van der Waals surface area contributed by atoms with Crippen LogP contribution in [-0.2, 0) is 24.6 Å². The Labute approximate surface area is 165 Å². The SMILES string of the molecule is Cc1nc(NC(=O)Cn2cc(C(F)(F)F)cc(Cl)c2=O)sc1-c1nccn1C. The zero-order chi connectivity index (χ0) is 20.6. The number of anilines is 1. The average Bonchev–Trinajstić information content (AvgIpc) is 3.15. The molecule has 3 heterocycles. The number of carbonyl (C=O) groups is 1. The van der Waals surface area contributed by atoms with Crippen LogP contribution in [0.5, 0.6) is 0 Å². The van der Waals surface area contributed by atoms with E-state index in [4.69, 9.17) is 11.6 Å². The quantitative estimate of drug-likeness (QED) is 0.687. The fourth-order valence-corrected chi connectivity index (χ4v) is 3.68. The number of nitrogens with one attached hydrogen (secondary N) is 1. The fraction of sp³-hybridized carbons (Fsp3) is 0.250. The van der Waals surface area contributed by atoms with Gasteiger partial charge in [0, 0.05) is 25.6 Å². The molecule has 0 unspecified atom stereocenters. The van der Waals surface area contributed by atoms with Gasteiger partial charge >= 0.3 is 6.18 Å². The van der Waals surface area contributed by atoms with E-state index in [0.717, 1.165) is 4.88 Å². The Balaban J connectivity index is 1.81. The summed E-state index contributed by atoms with van der Waals surface area (Å²) in [5, 5.41) is 2.11. The highest BCUT2D eigenvalue weighted by molar-refractivity contribution is 7.19. The second kappa shape index (κ2) is 7.40. The molecule has 0 fully saturated rings. The maximum Gasteiger partial charge on any atom is 0.417 e. The van der Waals surface area contributed by atoms with Crippen molar-refractivity contribution in [3.05, 3.63) is 51.3 Å². The van der Waals surface area contributed by atoms with Crippen molar-refractivity contribution in [2.24, 2.45) is 7.05 Å². The third-order valence-electron chi connectivity index (χ3n) is 3.75. The summed E-state index contributed by atoms with van der Waals surface area (Å²) < 4.78 is 41.1. The van der Waals surface area contributed by atoms with E-state index in [2.05, 4.69) is 15.3 Å². The number of hydrogen-bond donors (Lipinski definition) is 1. The van der Waals surface area contributed by atoms with Crippen molar-refractivity contribution in [1.82, 2.24) is 19.1 Å². The summed E-state index contributed by atoms with van der Waals surface area (Å²) in [7, 11) is 1.81. The largest absolute Gasteiger partial charge is 0.417 e. The molecule has 7 nitrogen and oxygen atoms in total. The van der Waals surface area contributed by atoms with Gasteiger partial charge < -0.3 is 14.5 Å². The van der Waals surface area contributed by atoms with E-state index in [1.807, 2.05) is 7.05 Å². The van der Waals surface area contributed by atoms with Gasteiger partial charge in [0.05, 0.1) is 16.1 Å². The van der Waals surface area contributed by atoms with Gasteiger partial charge in [-0.1, -0.05) is 22.9 Å². The van der Waals surface area contributed by atoms with E-state index in [0.29, 0.717) is 28.3 Å². The van der Waals surface area contributed by atoms with Gasteiger partial charge in [-0.05, 0) is 13.0 Å². The second-order valence-corrected chi connectivity index (χ2v) is 7.26. The Kier molecular flexibility index (Phi) is 5.31. The smallest absolute Gasteiger partial charge is 0.333 e. The summed E-state index contributed by atoms with van der Waals surface area (Å²) in [6, 6.07) is 0.529. The molecule has 12 heteroatoms. The first-order valence-electron chi connectivity index (χ1n) is 7.78. The minimum Gasteiger partial charge on any atom is -0.333 e. The molecule has 3 rings (SSSR count). The summed E-state index contributed by atoms with van der Waals surface area (Å²) in [5.41, 5.74) is -1.38. The van der Waals surface area contributed by atoms with Gasteiger partial charge in [0.1, 0.15) is 11.6 Å². The predicted octanol–water partition coefficient (Wildman–Crippen LogP) is 3.32. The van der Waals surface area contributed by atoms with Gasteiger partial charge in [0.25, 0.3) is 5.56 Å². The number of pyridine rings is 1. The van der Waals surface area contributed by atoms with Crippen molar-refractivity contribution in [1.29, 1.82) is 0 Å².